The van der Waals surface area contributed by atoms with E-state index in [1.165, 1.54) is 6.07 Å². The van der Waals surface area contributed by atoms with Gasteiger partial charge < -0.3 is 5.11 Å². The van der Waals surface area contributed by atoms with Crippen LogP contribution in [0.25, 0.3) is 0 Å². The molecular formula is C16H21BrFNO2. The van der Waals surface area contributed by atoms with Crippen LogP contribution >= 0.6 is 15.9 Å². The van der Waals surface area contributed by atoms with Crippen LogP contribution in [0.2, 0.25) is 0 Å². The largest absolute Gasteiger partial charge is 0.481 e. The highest BCUT2D eigenvalue weighted by Crippen LogP contribution is 2.35. The first kappa shape index (κ1) is 16.4. The van der Waals surface area contributed by atoms with Crippen LogP contribution in [-0.4, -0.2) is 29.1 Å². The summed E-state index contributed by atoms with van der Waals surface area (Å²) in [5, 5.41) is 9.60. The average Bonchev–Trinajstić information content (AvgIpc) is 2.43. The molecule has 3 nitrogen and oxygen atoms in total. The summed E-state index contributed by atoms with van der Waals surface area (Å²) in [6.45, 7) is 4.16. The van der Waals surface area contributed by atoms with Crippen LogP contribution in [0.1, 0.15) is 38.2 Å². The molecule has 5 heteroatoms. The van der Waals surface area contributed by atoms with Crippen molar-refractivity contribution in [1.29, 1.82) is 0 Å². The van der Waals surface area contributed by atoms with Gasteiger partial charge in [0.05, 0.1) is 9.89 Å². The van der Waals surface area contributed by atoms with Gasteiger partial charge in [-0.3, -0.25) is 9.69 Å². The van der Waals surface area contributed by atoms with E-state index in [4.69, 9.17) is 0 Å². The maximum atomic E-state index is 13.3. The van der Waals surface area contributed by atoms with Crippen molar-refractivity contribution in [3.05, 3.63) is 34.1 Å². The molecule has 1 aromatic carbocycles. The molecule has 1 aliphatic heterocycles. The minimum atomic E-state index is -0.686. The fourth-order valence-corrected chi connectivity index (χ4v) is 3.65. The molecule has 1 N–H and O–H groups in total. The molecule has 0 spiro atoms. The normalized spacial score (nSPS) is 23.2. The lowest BCUT2D eigenvalue weighted by Crippen LogP contribution is -2.47. The molecule has 0 aliphatic carbocycles. The van der Waals surface area contributed by atoms with E-state index in [1.807, 2.05) is 6.92 Å². The Kier molecular flexibility index (Phi) is 5.38. The van der Waals surface area contributed by atoms with Gasteiger partial charge in [0.25, 0.3) is 0 Å². The fraction of sp³-hybridized carbons (Fsp3) is 0.562. The summed E-state index contributed by atoms with van der Waals surface area (Å²) in [5.41, 5.74) is 0.380. The number of piperidine rings is 1. The lowest BCUT2D eigenvalue weighted by molar-refractivity contribution is -0.153. The van der Waals surface area contributed by atoms with E-state index in [1.54, 1.807) is 12.1 Å². The number of benzene rings is 1. The summed E-state index contributed by atoms with van der Waals surface area (Å²) in [7, 11) is 0. The first-order chi connectivity index (χ1) is 9.97. The molecule has 1 fully saturated rings. The maximum absolute atomic E-state index is 13.3. The first-order valence-corrected chi connectivity index (χ1v) is 8.16. The maximum Gasteiger partial charge on any atom is 0.310 e. The third kappa shape index (κ3) is 3.83. The number of aliphatic carboxylic acids is 1. The van der Waals surface area contributed by atoms with Crippen LogP contribution in [0.15, 0.2) is 22.7 Å². The number of rotatable bonds is 5. The first-order valence-electron chi connectivity index (χ1n) is 7.36. The van der Waals surface area contributed by atoms with Gasteiger partial charge in [0.1, 0.15) is 5.82 Å². The Morgan fingerprint density at radius 1 is 1.52 bits per heavy atom. The number of hydrogen-bond acceptors (Lipinski definition) is 2. The van der Waals surface area contributed by atoms with E-state index in [9.17, 15) is 14.3 Å². The van der Waals surface area contributed by atoms with E-state index in [0.717, 1.165) is 31.4 Å². The van der Waals surface area contributed by atoms with E-state index in [-0.39, 0.29) is 5.82 Å². The minimum absolute atomic E-state index is 0.275. The standard InChI is InChI=1S/C16H21BrFNO2/c1-2-6-16(15(20)21)7-3-8-19(11-16)10-12-4-5-14(18)13(17)9-12/h4-5,9H,2-3,6-8,10-11H2,1H3,(H,20,21). The third-order valence-corrected chi connectivity index (χ3v) is 4.84. The topological polar surface area (TPSA) is 40.5 Å². The fourth-order valence-electron chi connectivity index (χ4n) is 3.22. The van der Waals surface area contributed by atoms with Crippen molar-refractivity contribution in [2.24, 2.45) is 5.41 Å². The number of nitrogens with zero attached hydrogens (tertiary/aromatic N) is 1. The highest BCUT2D eigenvalue weighted by atomic mass is 79.9. The number of carbonyl (C=O) groups is 1. The van der Waals surface area contributed by atoms with Crippen molar-refractivity contribution < 1.29 is 14.3 Å². The molecule has 0 radical (unpaired) electrons. The number of carboxylic acids is 1. The molecule has 1 saturated heterocycles. The zero-order valence-corrected chi connectivity index (χ0v) is 13.8. The third-order valence-electron chi connectivity index (χ3n) is 4.23. The molecule has 1 atom stereocenters. The number of hydrogen-bond donors (Lipinski definition) is 1. The van der Waals surface area contributed by atoms with Crippen LogP contribution < -0.4 is 0 Å². The lowest BCUT2D eigenvalue weighted by Gasteiger charge is -2.40. The van der Waals surface area contributed by atoms with Crippen LogP contribution in [-0.2, 0) is 11.3 Å². The van der Waals surface area contributed by atoms with Gasteiger partial charge >= 0.3 is 5.97 Å². The molecule has 0 bridgehead atoms. The number of carboxylic acid groups (broad SMARTS) is 1. The van der Waals surface area contributed by atoms with E-state index in [2.05, 4.69) is 20.8 Å². The van der Waals surface area contributed by atoms with Crippen molar-refractivity contribution in [2.45, 2.75) is 39.2 Å². The van der Waals surface area contributed by atoms with Gasteiger partial charge in [-0.05, 0) is 59.4 Å². The van der Waals surface area contributed by atoms with Crippen LogP contribution in [0, 0.1) is 11.2 Å². The predicted octanol–water partition coefficient (Wildman–Crippen LogP) is 4.06. The predicted molar refractivity (Wildman–Crippen MR) is 83.6 cm³/mol. The molecule has 0 saturated carbocycles. The Bertz CT molecular complexity index is 519. The Balaban J connectivity index is 2.09. The molecule has 0 amide bonds. The SMILES string of the molecule is CCCC1(C(=O)O)CCCN(Cc2ccc(F)c(Br)c2)C1. The summed E-state index contributed by atoms with van der Waals surface area (Å²) < 4.78 is 13.7. The number of likely N-dealkylation sites (tertiary alicyclic amines) is 1. The smallest absolute Gasteiger partial charge is 0.310 e. The van der Waals surface area contributed by atoms with E-state index in [0.29, 0.717) is 24.0 Å². The van der Waals surface area contributed by atoms with Gasteiger partial charge in [-0.15, -0.1) is 0 Å². The summed E-state index contributed by atoms with van der Waals surface area (Å²) in [5.74, 6) is -0.961. The number of halogens is 2. The van der Waals surface area contributed by atoms with Gasteiger partial charge in [0.2, 0.25) is 0 Å². The molecule has 116 valence electrons. The molecule has 2 rings (SSSR count). The zero-order chi connectivity index (χ0) is 15.5. The summed E-state index contributed by atoms with van der Waals surface area (Å²) >= 11 is 3.19. The van der Waals surface area contributed by atoms with Crippen molar-refractivity contribution in [3.63, 3.8) is 0 Å². The average molecular weight is 358 g/mol. The Morgan fingerprint density at radius 3 is 2.90 bits per heavy atom. The van der Waals surface area contributed by atoms with E-state index >= 15 is 0 Å². The quantitative estimate of drug-likeness (QED) is 0.863. The van der Waals surface area contributed by atoms with Gasteiger partial charge in [-0.2, -0.15) is 0 Å². The van der Waals surface area contributed by atoms with Gasteiger partial charge in [-0.1, -0.05) is 19.4 Å². The highest BCUT2D eigenvalue weighted by Gasteiger charge is 2.41. The lowest BCUT2D eigenvalue weighted by atomic mass is 9.76. The Hall–Kier alpha value is -0.940. The van der Waals surface area contributed by atoms with Crippen molar-refractivity contribution in [2.75, 3.05) is 13.1 Å². The summed E-state index contributed by atoms with van der Waals surface area (Å²) in [6, 6.07) is 4.98. The summed E-state index contributed by atoms with van der Waals surface area (Å²) in [6.07, 6.45) is 3.24. The zero-order valence-electron chi connectivity index (χ0n) is 12.2. The van der Waals surface area contributed by atoms with Crippen LogP contribution in [0.4, 0.5) is 4.39 Å². The van der Waals surface area contributed by atoms with Crippen molar-refractivity contribution >= 4 is 21.9 Å². The van der Waals surface area contributed by atoms with Gasteiger partial charge in [0.15, 0.2) is 0 Å². The van der Waals surface area contributed by atoms with Crippen molar-refractivity contribution in [3.8, 4) is 0 Å². The minimum Gasteiger partial charge on any atom is -0.481 e. The van der Waals surface area contributed by atoms with Crippen LogP contribution in [0.3, 0.4) is 0 Å². The van der Waals surface area contributed by atoms with E-state index < -0.39 is 11.4 Å². The summed E-state index contributed by atoms with van der Waals surface area (Å²) in [4.78, 5) is 13.9. The molecule has 1 aliphatic rings. The molecular weight excluding hydrogens is 337 g/mol. The van der Waals surface area contributed by atoms with Crippen LogP contribution in [0.5, 0.6) is 0 Å². The molecule has 1 unspecified atom stereocenters. The molecule has 1 aromatic rings. The van der Waals surface area contributed by atoms with Gasteiger partial charge in [-0.25, -0.2) is 4.39 Å². The molecule has 1 heterocycles. The van der Waals surface area contributed by atoms with Crippen molar-refractivity contribution in [1.82, 2.24) is 4.90 Å². The van der Waals surface area contributed by atoms with Gasteiger partial charge in [0, 0.05) is 13.1 Å². The second-order valence-corrected chi connectivity index (χ2v) is 6.75. The monoisotopic (exact) mass is 357 g/mol. The molecule has 21 heavy (non-hydrogen) atoms. The second kappa shape index (κ2) is 6.88. The second-order valence-electron chi connectivity index (χ2n) is 5.90. The highest BCUT2D eigenvalue weighted by molar-refractivity contribution is 9.10. The Morgan fingerprint density at radius 2 is 2.29 bits per heavy atom. The molecule has 0 aromatic heterocycles. The Labute approximate surface area is 133 Å².